The Morgan fingerprint density at radius 2 is 1.39 bits per heavy atom. The Kier molecular flexibility index (Phi) is 8.18. The number of carbonyl (C=O) groups is 3. The van der Waals surface area contributed by atoms with Crippen molar-refractivity contribution >= 4 is 40.5 Å². The van der Waals surface area contributed by atoms with Crippen molar-refractivity contribution < 1.29 is 14.4 Å². The maximum atomic E-state index is 12.9. The molecule has 3 amide bonds. The standard InChI is InChI=1S/C26H28N4O3/c1-3-24(31)29-22-10-8-9-21(17-22)27-18-25(32)28-20-15-13-19(14-16-20)26(33)30(4-2)23-11-6-5-7-12-23/h5-17,27H,3-4,18H2,1-2H3,(H,28,32)(H,29,31). The summed E-state index contributed by atoms with van der Waals surface area (Å²) in [6.07, 6.45) is 0.396. The van der Waals surface area contributed by atoms with E-state index in [0.29, 0.717) is 29.9 Å². The number of hydrogen-bond acceptors (Lipinski definition) is 4. The predicted octanol–water partition coefficient (Wildman–Crippen LogP) is 4.75. The minimum absolute atomic E-state index is 0.0590. The largest absolute Gasteiger partial charge is 0.376 e. The highest BCUT2D eigenvalue weighted by Gasteiger charge is 2.16. The van der Waals surface area contributed by atoms with Gasteiger partial charge in [-0.05, 0) is 61.5 Å². The fourth-order valence-corrected chi connectivity index (χ4v) is 3.25. The summed E-state index contributed by atoms with van der Waals surface area (Å²) < 4.78 is 0. The van der Waals surface area contributed by atoms with Gasteiger partial charge in [-0.1, -0.05) is 31.2 Å². The van der Waals surface area contributed by atoms with Crippen molar-refractivity contribution in [3.63, 3.8) is 0 Å². The number of amides is 3. The average Bonchev–Trinajstić information content (AvgIpc) is 2.84. The smallest absolute Gasteiger partial charge is 0.258 e. The van der Waals surface area contributed by atoms with Gasteiger partial charge in [0.2, 0.25) is 11.8 Å². The van der Waals surface area contributed by atoms with Gasteiger partial charge in [-0.3, -0.25) is 14.4 Å². The molecule has 0 spiro atoms. The van der Waals surface area contributed by atoms with Gasteiger partial charge in [-0.15, -0.1) is 0 Å². The summed E-state index contributed by atoms with van der Waals surface area (Å²) >= 11 is 0. The van der Waals surface area contributed by atoms with Gasteiger partial charge < -0.3 is 20.9 Å². The van der Waals surface area contributed by atoms with Crippen LogP contribution in [0.2, 0.25) is 0 Å². The first-order valence-corrected chi connectivity index (χ1v) is 10.9. The fourth-order valence-electron chi connectivity index (χ4n) is 3.25. The quantitative estimate of drug-likeness (QED) is 0.444. The van der Waals surface area contributed by atoms with Crippen LogP contribution in [-0.2, 0) is 9.59 Å². The van der Waals surface area contributed by atoms with E-state index in [1.807, 2.05) is 43.3 Å². The van der Waals surface area contributed by atoms with Crippen molar-refractivity contribution in [2.45, 2.75) is 20.3 Å². The van der Waals surface area contributed by atoms with E-state index in [0.717, 1.165) is 11.4 Å². The van der Waals surface area contributed by atoms with E-state index in [2.05, 4.69) is 16.0 Å². The Labute approximate surface area is 193 Å². The minimum Gasteiger partial charge on any atom is -0.376 e. The molecule has 0 fully saturated rings. The second-order valence-electron chi connectivity index (χ2n) is 7.35. The van der Waals surface area contributed by atoms with Crippen LogP contribution in [0.25, 0.3) is 0 Å². The van der Waals surface area contributed by atoms with Gasteiger partial charge in [0.25, 0.3) is 5.91 Å². The zero-order valence-electron chi connectivity index (χ0n) is 18.8. The maximum Gasteiger partial charge on any atom is 0.258 e. The van der Waals surface area contributed by atoms with Gasteiger partial charge in [0.1, 0.15) is 0 Å². The van der Waals surface area contributed by atoms with Crippen LogP contribution in [0.4, 0.5) is 22.7 Å². The Balaban J connectivity index is 1.55. The molecule has 3 N–H and O–H groups in total. The van der Waals surface area contributed by atoms with Gasteiger partial charge in [-0.2, -0.15) is 0 Å². The monoisotopic (exact) mass is 444 g/mol. The molecular formula is C26H28N4O3. The van der Waals surface area contributed by atoms with Gasteiger partial charge >= 0.3 is 0 Å². The van der Waals surface area contributed by atoms with Crippen LogP contribution in [0, 0.1) is 0 Å². The van der Waals surface area contributed by atoms with E-state index in [-0.39, 0.29) is 24.3 Å². The Bertz CT molecular complexity index is 1100. The van der Waals surface area contributed by atoms with Crippen LogP contribution < -0.4 is 20.9 Å². The van der Waals surface area contributed by atoms with Gasteiger partial charge in [-0.25, -0.2) is 0 Å². The molecule has 0 aliphatic rings. The van der Waals surface area contributed by atoms with Crippen LogP contribution in [-0.4, -0.2) is 30.8 Å². The summed E-state index contributed by atoms with van der Waals surface area (Å²) in [4.78, 5) is 38.5. The first-order chi connectivity index (χ1) is 16.0. The van der Waals surface area contributed by atoms with Crippen molar-refractivity contribution in [1.29, 1.82) is 0 Å². The number of para-hydroxylation sites is 1. The summed E-state index contributed by atoms with van der Waals surface area (Å²) in [5.41, 5.74) is 3.38. The lowest BCUT2D eigenvalue weighted by molar-refractivity contribution is -0.116. The SMILES string of the molecule is CCC(=O)Nc1cccc(NCC(=O)Nc2ccc(C(=O)N(CC)c3ccccc3)cc2)c1. The molecule has 7 nitrogen and oxygen atoms in total. The number of nitrogens with zero attached hydrogens (tertiary/aromatic N) is 1. The van der Waals surface area contributed by atoms with E-state index >= 15 is 0 Å². The fraction of sp³-hybridized carbons (Fsp3) is 0.192. The lowest BCUT2D eigenvalue weighted by Gasteiger charge is -2.21. The molecule has 3 aromatic rings. The zero-order chi connectivity index (χ0) is 23.6. The topological polar surface area (TPSA) is 90.5 Å². The Morgan fingerprint density at radius 1 is 0.727 bits per heavy atom. The lowest BCUT2D eigenvalue weighted by Crippen LogP contribution is -2.30. The number of nitrogens with one attached hydrogen (secondary N) is 3. The summed E-state index contributed by atoms with van der Waals surface area (Å²) in [7, 11) is 0. The predicted molar refractivity (Wildman–Crippen MR) is 133 cm³/mol. The second kappa shape index (κ2) is 11.5. The molecule has 0 aromatic heterocycles. The summed E-state index contributed by atoms with van der Waals surface area (Å²) in [6, 6.07) is 23.5. The van der Waals surface area contributed by atoms with Gasteiger partial charge in [0.05, 0.1) is 6.54 Å². The number of anilines is 4. The van der Waals surface area contributed by atoms with E-state index in [1.54, 1.807) is 54.3 Å². The highest BCUT2D eigenvalue weighted by Crippen LogP contribution is 2.18. The highest BCUT2D eigenvalue weighted by molar-refractivity contribution is 6.06. The molecule has 0 unspecified atom stereocenters. The molecule has 3 aromatic carbocycles. The maximum absolute atomic E-state index is 12.9. The van der Waals surface area contributed by atoms with Crippen molar-refractivity contribution in [3.05, 3.63) is 84.4 Å². The number of rotatable bonds is 9. The van der Waals surface area contributed by atoms with E-state index in [4.69, 9.17) is 0 Å². The number of carbonyl (C=O) groups excluding carboxylic acids is 3. The third-order valence-corrected chi connectivity index (χ3v) is 4.97. The molecule has 33 heavy (non-hydrogen) atoms. The average molecular weight is 445 g/mol. The number of benzene rings is 3. The van der Waals surface area contributed by atoms with Crippen molar-refractivity contribution in [2.75, 3.05) is 33.9 Å². The zero-order valence-corrected chi connectivity index (χ0v) is 18.8. The lowest BCUT2D eigenvalue weighted by atomic mass is 10.1. The molecule has 0 atom stereocenters. The van der Waals surface area contributed by atoms with Crippen LogP contribution >= 0.6 is 0 Å². The molecule has 0 aliphatic heterocycles. The van der Waals surface area contributed by atoms with Crippen LogP contribution in [0.3, 0.4) is 0 Å². The Hall–Kier alpha value is -4.13. The summed E-state index contributed by atoms with van der Waals surface area (Å²) in [5, 5.41) is 8.64. The molecule has 0 radical (unpaired) electrons. The third-order valence-electron chi connectivity index (χ3n) is 4.97. The molecule has 0 bridgehead atoms. The first kappa shape index (κ1) is 23.5. The summed E-state index contributed by atoms with van der Waals surface area (Å²) in [6.45, 7) is 4.33. The van der Waals surface area contributed by atoms with Crippen molar-refractivity contribution in [3.8, 4) is 0 Å². The van der Waals surface area contributed by atoms with E-state index in [1.165, 1.54) is 0 Å². The molecule has 7 heteroatoms. The molecule has 0 aliphatic carbocycles. The van der Waals surface area contributed by atoms with Gasteiger partial charge in [0, 0.05) is 41.3 Å². The van der Waals surface area contributed by atoms with Crippen LogP contribution in [0.5, 0.6) is 0 Å². The summed E-state index contributed by atoms with van der Waals surface area (Å²) in [5.74, 6) is -0.396. The van der Waals surface area contributed by atoms with Crippen LogP contribution in [0.15, 0.2) is 78.9 Å². The van der Waals surface area contributed by atoms with E-state index in [9.17, 15) is 14.4 Å². The molecule has 0 saturated heterocycles. The number of hydrogen-bond donors (Lipinski definition) is 3. The molecule has 0 saturated carbocycles. The third kappa shape index (κ3) is 6.67. The van der Waals surface area contributed by atoms with Gasteiger partial charge in [0.15, 0.2) is 0 Å². The molecular weight excluding hydrogens is 416 g/mol. The molecule has 3 rings (SSSR count). The first-order valence-electron chi connectivity index (χ1n) is 10.9. The Morgan fingerprint density at radius 3 is 2.06 bits per heavy atom. The van der Waals surface area contributed by atoms with Crippen molar-refractivity contribution in [2.24, 2.45) is 0 Å². The molecule has 170 valence electrons. The molecule has 0 heterocycles. The second-order valence-corrected chi connectivity index (χ2v) is 7.35. The van der Waals surface area contributed by atoms with E-state index < -0.39 is 0 Å². The highest BCUT2D eigenvalue weighted by atomic mass is 16.2. The van der Waals surface area contributed by atoms with Crippen molar-refractivity contribution in [1.82, 2.24) is 0 Å². The van der Waals surface area contributed by atoms with Crippen LogP contribution in [0.1, 0.15) is 30.6 Å². The minimum atomic E-state index is -0.225. The normalized spacial score (nSPS) is 10.2.